The van der Waals surface area contributed by atoms with Gasteiger partial charge < -0.3 is 4.74 Å². The molecule has 4 nitrogen and oxygen atoms in total. The van der Waals surface area contributed by atoms with Crippen molar-refractivity contribution in [2.24, 2.45) is 5.92 Å². The number of carbonyl (C=O) groups excluding carboxylic acids is 1. The first-order valence-electron chi connectivity index (χ1n) is 7.39. The summed E-state index contributed by atoms with van der Waals surface area (Å²) in [6.45, 7) is 2.86. The number of rotatable bonds is 7. The summed E-state index contributed by atoms with van der Waals surface area (Å²) in [5.74, 6) is 1.54. The average molecular weight is 264 g/mol. The SMILES string of the molecule is CCCn1ncc(OC)c1C(=O)CCC1CCCC1. The zero-order chi connectivity index (χ0) is 13.7. The highest BCUT2D eigenvalue weighted by atomic mass is 16.5. The number of ether oxygens (including phenoxy) is 1. The Bertz CT molecular complexity index is 420. The Kier molecular flexibility index (Phi) is 5.00. The summed E-state index contributed by atoms with van der Waals surface area (Å²) >= 11 is 0. The molecule has 1 aromatic rings. The Hall–Kier alpha value is -1.32. The van der Waals surface area contributed by atoms with E-state index in [4.69, 9.17) is 4.74 Å². The normalized spacial score (nSPS) is 15.9. The van der Waals surface area contributed by atoms with Crippen LogP contribution >= 0.6 is 0 Å². The lowest BCUT2D eigenvalue weighted by atomic mass is 9.99. The van der Waals surface area contributed by atoms with Crippen LogP contribution in [0.2, 0.25) is 0 Å². The van der Waals surface area contributed by atoms with E-state index in [1.54, 1.807) is 18.0 Å². The van der Waals surface area contributed by atoms with Crippen molar-refractivity contribution in [1.29, 1.82) is 0 Å². The van der Waals surface area contributed by atoms with Gasteiger partial charge >= 0.3 is 0 Å². The second-order valence-corrected chi connectivity index (χ2v) is 5.40. The Morgan fingerprint density at radius 1 is 1.47 bits per heavy atom. The maximum absolute atomic E-state index is 12.4. The number of Topliss-reactive ketones (excluding diaryl/α,β-unsaturated/α-hetero) is 1. The molecule has 0 bridgehead atoms. The molecule has 0 saturated heterocycles. The van der Waals surface area contributed by atoms with Gasteiger partial charge in [-0.1, -0.05) is 32.6 Å². The minimum Gasteiger partial charge on any atom is -0.493 e. The summed E-state index contributed by atoms with van der Waals surface area (Å²) in [7, 11) is 1.60. The van der Waals surface area contributed by atoms with E-state index < -0.39 is 0 Å². The van der Waals surface area contributed by atoms with Crippen molar-refractivity contribution in [3.63, 3.8) is 0 Å². The second-order valence-electron chi connectivity index (χ2n) is 5.40. The van der Waals surface area contributed by atoms with E-state index in [9.17, 15) is 4.79 Å². The van der Waals surface area contributed by atoms with Gasteiger partial charge in [0, 0.05) is 13.0 Å². The molecule has 2 rings (SSSR count). The highest BCUT2D eigenvalue weighted by Crippen LogP contribution is 2.30. The zero-order valence-corrected chi connectivity index (χ0v) is 12.0. The molecule has 1 aliphatic carbocycles. The van der Waals surface area contributed by atoms with E-state index in [1.165, 1.54) is 25.7 Å². The number of ketones is 1. The zero-order valence-electron chi connectivity index (χ0n) is 12.0. The molecule has 1 aliphatic rings. The Labute approximate surface area is 115 Å². The Morgan fingerprint density at radius 2 is 2.21 bits per heavy atom. The van der Waals surface area contributed by atoms with E-state index in [0.29, 0.717) is 17.9 Å². The summed E-state index contributed by atoms with van der Waals surface area (Å²) in [6, 6.07) is 0. The average Bonchev–Trinajstić information content (AvgIpc) is 3.05. The summed E-state index contributed by atoms with van der Waals surface area (Å²) in [6.07, 6.45) is 9.49. The number of carbonyl (C=O) groups is 1. The fourth-order valence-electron chi connectivity index (χ4n) is 2.93. The fourth-order valence-corrected chi connectivity index (χ4v) is 2.93. The quantitative estimate of drug-likeness (QED) is 0.708. The van der Waals surface area contributed by atoms with E-state index in [1.807, 2.05) is 0 Å². The van der Waals surface area contributed by atoms with Crippen LogP contribution in [0.15, 0.2) is 6.20 Å². The molecule has 0 spiro atoms. The highest BCUT2D eigenvalue weighted by Gasteiger charge is 2.21. The van der Waals surface area contributed by atoms with Gasteiger partial charge in [0.2, 0.25) is 0 Å². The van der Waals surface area contributed by atoms with Crippen LogP contribution in [0.1, 0.15) is 62.4 Å². The highest BCUT2D eigenvalue weighted by molar-refractivity contribution is 5.97. The monoisotopic (exact) mass is 264 g/mol. The van der Waals surface area contributed by atoms with Crippen LogP contribution in [0.4, 0.5) is 0 Å². The predicted molar refractivity (Wildman–Crippen MR) is 74.6 cm³/mol. The first kappa shape index (κ1) is 14.1. The smallest absolute Gasteiger partial charge is 0.184 e. The molecule has 19 heavy (non-hydrogen) atoms. The number of aromatic nitrogens is 2. The molecule has 1 aromatic heterocycles. The third-order valence-electron chi connectivity index (χ3n) is 3.98. The maximum atomic E-state index is 12.4. The number of nitrogens with zero attached hydrogens (tertiary/aromatic N) is 2. The van der Waals surface area contributed by atoms with Gasteiger partial charge in [-0.25, -0.2) is 0 Å². The van der Waals surface area contributed by atoms with Gasteiger partial charge in [0.05, 0.1) is 13.3 Å². The number of hydrogen-bond donors (Lipinski definition) is 0. The Morgan fingerprint density at radius 3 is 2.84 bits per heavy atom. The molecular formula is C15H24N2O2. The standard InChI is InChI=1S/C15H24N2O2/c1-3-10-17-15(14(19-2)11-16-17)13(18)9-8-12-6-4-5-7-12/h11-12H,3-10H2,1-2H3. The van der Waals surface area contributed by atoms with Gasteiger partial charge in [0.1, 0.15) is 5.69 Å². The predicted octanol–water partition coefficient (Wildman–Crippen LogP) is 3.45. The molecule has 0 unspecified atom stereocenters. The van der Waals surface area contributed by atoms with E-state index in [-0.39, 0.29) is 5.78 Å². The van der Waals surface area contributed by atoms with E-state index in [0.717, 1.165) is 25.3 Å². The van der Waals surface area contributed by atoms with Crippen molar-refractivity contribution in [1.82, 2.24) is 9.78 Å². The molecule has 4 heteroatoms. The minimum absolute atomic E-state index is 0.176. The molecule has 106 valence electrons. The molecule has 1 saturated carbocycles. The van der Waals surface area contributed by atoms with Crippen LogP contribution in [0.5, 0.6) is 5.75 Å². The minimum atomic E-state index is 0.176. The summed E-state index contributed by atoms with van der Waals surface area (Å²) in [5.41, 5.74) is 0.655. The van der Waals surface area contributed by atoms with E-state index in [2.05, 4.69) is 12.0 Å². The van der Waals surface area contributed by atoms with Crippen LogP contribution in [-0.2, 0) is 6.54 Å². The second kappa shape index (κ2) is 6.73. The van der Waals surface area contributed by atoms with Crippen molar-refractivity contribution in [2.75, 3.05) is 7.11 Å². The van der Waals surface area contributed by atoms with Crippen molar-refractivity contribution in [3.8, 4) is 5.75 Å². The van der Waals surface area contributed by atoms with Crippen LogP contribution < -0.4 is 4.74 Å². The van der Waals surface area contributed by atoms with E-state index >= 15 is 0 Å². The molecule has 0 amide bonds. The third-order valence-corrected chi connectivity index (χ3v) is 3.98. The van der Waals surface area contributed by atoms with Gasteiger partial charge in [-0.15, -0.1) is 0 Å². The maximum Gasteiger partial charge on any atom is 0.184 e. The number of hydrogen-bond acceptors (Lipinski definition) is 3. The Balaban J connectivity index is 2.01. The molecule has 1 heterocycles. The first-order valence-corrected chi connectivity index (χ1v) is 7.39. The first-order chi connectivity index (χ1) is 9.26. The summed E-state index contributed by atoms with van der Waals surface area (Å²) < 4.78 is 7.05. The lowest BCUT2D eigenvalue weighted by Crippen LogP contribution is -2.12. The molecular weight excluding hydrogens is 240 g/mol. The van der Waals surface area contributed by atoms with Crippen LogP contribution in [0.25, 0.3) is 0 Å². The fraction of sp³-hybridized carbons (Fsp3) is 0.733. The summed E-state index contributed by atoms with van der Waals surface area (Å²) in [4.78, 5) is 12.4. The van der Waals surface area contributed by atoms with Crippen molar-refractivity contribution in [2.45, 2.75) is 58.4 Å². The van der Waals surface area contributed by atoms with Gasteiger partial charge in [-0.2, -0.15) is 5.10 Å². The molecule has 0 atom stereocenters. The third kappa shape index (κ3) is 3.37. The topological polar surface area (TPSA) is 44.1 Å². The molecule has 0 aromatic carbocycles. The van der Waals surface area contributed by atoms with Gasteiger partial charge in [-0.05, 0) is 18.8 Å². The largest absolute Gasteiger partial charge is 0.493 e. The lowest BCUT2D eigenvalue weighted by molar-refractivity contribution is 0.0960. The van der Waals surface area contributed by atoms with Crippen LogP contribution in [-0.4, -0.2) is 22.7 Å². The van der Waals surface area contributed by atoms with Crippen molar-refractivity contribution >= 4 is 5.78 Å². The molecule has 0 N–H and O–H groups in total. The van der Waals surface area contributed by atoms with Crippen LogP contribution in [0.3, 0.4) is 0 Å². The van der Waals surface area contributed by atoms with Gasteiger partial charge in [0.15, 0.2) is 11.5 Å². The summed E-state index contributed by atoms with van der Waals surface area (Å²) in [5, 5.41) is 4.25. The molecule has 0 aliphatic heterocycles. The number of aryl methyl sites for hydroxylation is 1. The molecule has 1 fully saturated rings. The lowest BCUT2D eigenvalue weighted by Gasteiger charge is -2.10. The van der Waals surface area contributed by atoms with Crippen LogP contribution in [0, 0.1) is 5.92 Å². The van der Waals surface area contributed by atoms with Crippen molar-refractivity contribution in [3.05, 3.63) is 11.9 Å². The van der Waals surface area contributed by atoms with Gasteiger partial charge in [0.25, 0.3) is 0 Å². The van der Waals surface area contributed by atoms with Crippen molar-refractivity contribution < 1.29 is 9.53 Å². The number of methoxy groups -OCH3 is 1. The van der Waals surface area contributed by atoms with Gasteiger partial charge in [-0.3, -0.25) is 9.48 Å². The molecule has 0 radical (unpaired) electrons.